The van der Waals surface area contributed by atoms with E-state index in [-0.39, 0.29) is 12.6 Å². The van der Waals surface area contributed by atoms with Crippen LogP contribution in [0.5, 0.6) is 5.88 Å². The SMILES string of the molecule is COc1ccnc(N2CC(CF)C2)n1. The molecule has 1 saturated heterocycles. The molecule has 0 aliphatic carbocycles. The normalized spacial score (nSPS) is 16.6. The first kappa shape index (κ1) is 9.18. The molecule has 1 aliphatic heterocycles. The number of anilines is 1. The number of nitrogens with zero attached hydrogens (tertiary/aromatic N) is 3. The second kappa shape index (κ2) is 3.77. The standard InChI is InChI=1S/C9H12FN3O/c1-14-8-2-3-11-9(12-8)13-5-7(4-10)6-13/h2-3,7H,4-6H2,1H3. The van der Waals surface area contributed by atoms with E-state index in [2.05, 4.69) is 9.97 Å². The molecule has 0 saturated carbocycles. The van der Waals surface area contributed by atoms with Crippen molar-refractivity contribution >= 4 is 5.95 Å². The van der Waals surface area contributed by atoms with E-state index >= 15 is 0 Å². The van der Waals surface area contributed by atoms with Crippen LogP contribution < -0.4 is 9.64 Å². The second-order valence-corrected chi connectivity index (χ2v) is 3.32. The van der Waals surface area contributed by atoms with Gasteiger partial charge in [0.1, 0.15) is 0 Å². The number of methoxy groups -OCH3 is 1. The molecule has 0 atom stereocenters. The van der Waals surface area contributed by atoms with Crippen LogP contribution in [0.25, 0.3) is 0 Å². The van der Waals surface area contributed by atoms with E-state index in [9.17, 15) is 4.39 Å². The molecule has 0 N–H and O–H groups in total. The summed E-state index contributed by atoms with van der Waals surface area (Å²) in [5.41, 5.74) is 0. The quantitative estimate of drug-likeness (QED) is 0.721. The highest BCUT2D eigenvalue weighted by Crippen LogP contribution is 2.22. The van der Waals surface area contributed by atoms with Gasteiger partial charge in [0.2, 0.25) is 11.8 Å². The molecule has 76 valence electrons. The van der Waals surface area contributed by atoms with Crippen LogP contribution in [0.3, 0.4) is 0 Å². The summed E-state index contributed by atoms with van der Waals surface area (Å²) in [5, 5.41) is 0. The summed E-state index contributed by atoms with van der Waals surface area (Å²) in [6, 6.07) is 1.69. The highest BCUT2D eigenvalue weighted by atomic mass is 19.1. The molecule has 2 heterocycles. The average Bonchev–Trinajstić information content (AvgIpc) is 2.17. The summed E-state index contributed by atoms with van der Waals surface area (Å²) in [5.74, 6) is 1.30. The average molecular weight is 197 g/mol. The minimum atomic E-state index is -0.263. The summed E-state index contributed by atoms with van der Waals surface area (Å²) in [7, 11) is 1.56. The summed E-state index contributed by atoms with van der Waals surface area (Å²) >= 11 is 0. The smallest absolute Gasteiger partial charge is 0.228 e. The molecular weight excluding hydrogens is 185 g/mol. The Kier molecular flexibility index (Phi) is 2.47. The third-order valence-corrected chi connectivity index (χ3v) is 2.28. The first-order valence-electron chi connectivity index (χ1n) is 4.51. The Hall–Kier alpha value is -1.39. The summed E-state index contributed by atoms with van der Waals surface area (Å²) < 4.78 is 17.2. The molecule has 0 radical (unpaired) electrons. The predicted octanol–water partition coefficient (Wildman–Crippen LogP) is 0.891. The fraction of sp³-hybridized carbons (Fsp3) is 0.556. The lowest BCUT2D eigenvalue weighted by Crippen LogP contribution is -2.48. The third-order valence-electron chi connectivity index (χ3n) is 2.28. The van der Waals surface area contributed by atoms with Crippen LogP contribution in [-0.2, 0) is 0 Å². The molecular formula is C9H12FN3O. The van der Waals surface area contributed by atoms with E-state index < -0.39 is 0 Å². The molecule has 14 heavy (non-hydrogen) atoms. The van der Waals surface area contributed by atoms with Crippen LogP contribution in [-0.4, -0.2) is 36.8 Å². The summed E-state index contributed by atoms with van der Waals surface area (Å²) in [4.78, 5) is 10.2. The first-order chi connectivity index (χ1) is 6.83. The Bertz CT molecular complexity index is 315. The Labute approximate surface area is 81.7 Å². The van der Waals surface area contributed by atoms with Gasteiger partial charge < -0.3 is 9.64 Å². The van der Waals surface area contributed by atoms with Gasteiger partial charge in [-0.05, 0) is 0 Å². The van der Waals surface area contributed by atoms with Gasteiger partial charge in [-0.2, -0.15) is 4.98 Å². The third kappa shape index (κ3) is 1.62. The zero-order valence-electron chi connectivity index (χ0n) is 7.98. The van der Waals surface area contributed by atoms with Crippen LogP contribution >= 0.6 is 0 Å². The summed E-state index contributed by atoms with van der Waals surface area (Å²) in [6.07, 6.45) is 1.64. The largest absolute Gasteiger partial charge is 0.481 e. The van der Waals surface area contributed by atoms with Gasteiger partial charge in [-0.3, -0.25) is 4.39 Å². The lowest BCUT2D eigenvalue weighted by Gasteiger charge is -2.37. The Morgan fingerprint density at radius 1 is 1.64 bits per heavy atom. The molecule has 2 rings (SSSR count). The van der Waals surface area contributed by atoms with E-state index in [1.807, 2.05) is 4.90 Å². The van der Waals surface area contributed by atoms with E-state index in [1.165, 1.54) is 0 Å². The van der Waals surface area contributed by atoms with Crippen molar-refractivity contribution in [2.45, 2.75) is 0 Å². The van der Waals surface area contributed by atoms with Gasteiger partial charge in [-0.1, -0.05) is 0 Å². The first-order valence-corrected chi connectivity index (χ1v) is 4.51. The van der Waals surface area contributed by atoms with E-state index in [0.29, 0.717) is 24.9 Å². The molecule has 0 unspecified atom stereocenters. The summed E-state index contributed by atoms with van der Waals surface area (Å²) in [6.45, 7) is 1.13. The van der Waals surface area contributed by atoms with Crippen LogP contribution in [0.15, 0.2) is 12.3 Å². The maximum atomic E-state index is 12.2. The number of rotatable bonds is 3. The van der Waals surface area contributed by atoms with Gasteiger partial charge >= 0.3 is 0 Å². The number of aromatic nitrogens is 2. The number of hydrogen-bond acceptors (Lipinski definition) is 4. The number of halogens is 1. The topological polar surface area (TPSA) is 38.2 Å². The molecule has 1 aromatic rings. The van der Waals surface area contributed by atoms with Crippen LogP contribution in [0.2, 0.25) is 0 Å². The second-order valence-electron chi connectivity index (χ2n) is 3.32. The van der Waals surface area contributed by atoms with Crippen molar-refractivity contribution < 1.29 is 9.13 Å². The zero-order valence-corrected chi connectivity index (χ0v) is 7.98. The van der Waals surface area contributed by atoms with Gasteiger partial charge in [0.25, 0.3) is 0 Å². The maximum Gasteiger partial charge on any atom is 0.228 e. The number of hydrogen-bond donors (Lipinski definition) is 0. The van der Waals surface area contributed by atoms with Gasteiger partial charge in [0.15, 0.2) is 0 Å². The minimum absolute atomic E-state index is 0.143. The zero-order chi connectivity index (χ0) is 9.97. The van der Waals surface area contributed by atoms with Crippen molar-refractivity contribution in [2.24, 2.45) is 5.92 Å². The van der Waals surface area contributed by atoms with Gasteiger partial charge in [-0.15, -0.1) is 0 Å². The highest BCUT2D eigenvalue weighted by Gasteiger charge is 2.28. The Morgan fingerprint density at radius 2 is 2.43 bits per heavy atom. The predicted molar refractivity (Wildman–Crippen MR) is 50.3 cm³/mol. The van der Waals surface area contributed by atoms with Crippen LogP contribution in [0, 0.1) is 5.92 Å². The maximum absolute atomic E-state index is 12.2. The van der Waals surface area contributed by atoms with Gasteiger partial charge in [-0.25, -0.2) is 4.98 Å². The van der Waals surface area contributed by atoms with Crippen molar-refractivity contribution in [1.82, 2.24) is 9.97 Å². The van der Waals surface area contributed by atoms with Crippen molar-refractivity contribution in [1.29, 1.82) is 0 Å². The van der Waals surface area contributed by atoms with Crippen molar-refractivity contribution in [3.8, 4) is 5.88 Å². The molecule has 1 aliphatic rings. The lowest BCUT2D eigenvalue weighted by molar-refractivity contribution is 0.302. The minimum Gasteiger partial charge on any atom is -0.481 e. The fourth-order valence-electron chi connectivity index (χ4n) is 1.43. The molecule has 1 fully saturated rings. The van der Waals surface area contributed by atoms with E-state index in [0.717, 1.165) is 0 Å². The van der Waals surface area contributed by atoms with E-state index in [4.69, 9.17) is 4.74 Å². The Morgan fingerprint density at radius 3 is 3.07 bits per heavy atom. The van der Waals surface area contributed by atoms with Crippen LogP contribution in [0.1, 0.15) is 0 Å². The Balaban J connectivity index is 2.03. The van der Waals surface area contributed by atoms with E-state index in [1.54, 1.807) is 19.4 Å². The molecule has 0 amide bonds. The number of alkyl halides is 1. The fourth-order valence-corrected chi connectivity index (χ4v) is 1.43. The molecule has 0 bridgehead atoms. The van der Waals surface area contributed by atoms with Crippen molar-refractivity contribution in [3.05, 3.63) is 12.3 Å². The van der Waals surface area contributed by atoms with Crippen molar-refractivity contribution in [2.75, 3.05) is 31.8 Å². The number of ether oxygens (including phenoxy) is 1. The van der Waals surface area contributed by atoms with Crippen molar-refractivity contribution in [3.63, 3.8) is 0 Å². The van der Waals surface area contributed by atoms with Crippen LogP contribution in [0.4, 0.5) is 10.3 Å². The van der Waals surface area contributed by atoms with Gasteiger partial charge in [0, 0.05) is 31.3 Å². The molecule has 0 spiro atoms. The molecule has 1 aromatic heterocycles. The van der Waals surface area contributed by atoms with Gasteiger partial charge in [0.05, 0.1) is 13.8 Å². The molecule has 0 aromatic carbocycles. The highest BCUT2D eigenvalue weighted by molar-refractivity contribution is 5.35. The molecule has 4 nitrogen and oxygen atoms in total. The molecule has 5 heteroatoms. The monoisotopic (exact) mass is 197 g/mol. The lowest BCUT2D eigenvalue weighted by atomic mass is 10.0.